The maximum absolute atomic E-state index is 12.8. The topological polar surface area (TPSA) is 25.2 Å². The van der Waals surface area contributed by atoms with Crippen LogP contribution in [-0.2, 0) is 0 Å². The van der Waals surface area contributed by atoms with E-state index in [1.165, 1.54) is 0 Å². The lowest BCUT2D eigenvalue weighted by molar-refractivity contribution is -0.141. The van der Waals surface area contributed by atoms with Gasteiger partial charge in [-0.1, -0.05) is 30.3 Å². The van der Waals surface area contributed by atoms with Crippen LogP contribution in [0.1, 0.15) is 42.5 Å². The predicted molar refractivity (Wildman–Crippen MR) is 74.9 cm³/mol. The Morgan fingerprint density at radius 1 is 1.10 bits per heavy atom. The van der Waals surface area contributed by atoms with Gasteiger partial charge < -0.3 is 9.73 Å². The monoisotopic (exact) mass is 297 g/mol. The van der Waals surface area contributed by atoms with Crippen molar-refractivity contribution >= 4 is 0 Å². The maximum atomic E-state index is 12.8. The summed E-state index contributed by atoms with van der Waals surface area (Å²) in [6, 6.07) is 11.1. The average Bonchev–Trinajstić information content (AvgIpc) is 2.84. The Hall–Kier alpha value is -1.75. The van der Waals surface area contributed by atoms with Crippen molar-refractivity contribution in [1.29, 1.82) is 0 Å². The summed E-state index contributed by atoms with van der Waals surface area (Å²) in [4.78, 5) is 0. The fraction of sp³-hybridized carbons (Fsp3) is 0.375. The van der Waals surface area contributed by atoms with Crippen LogP contribution in [0.15, 0.2) is 46.9 Å². The Kier molecular flexibility index (Phi) is 4.73. The van der Waals surface area contributed by atoms with Crippen molar-refractivity contribution in [2.75, 3.05) is 0 Å². The number of aryl methyl sites for hydroxylation is 1. The van der Waals surface area contributed by atoms with Crippen molar-refractivity contribution in [2.45, 2.75) is 38.5 Å². The summed E-state index contributed by atoms with van der Waals surface area (Å²) in [7, 11) is 0. The van der Waals surface area contributed by atoms with Gasteiger partial charge in [0.25, 0.3) is 0 Å². The molecule has 0 aliphatic heterocycles. The highest BCUT2D eigenvalue weighted by Crippen LogP contribution is 2.31. The summed E-state index contributed by atoms with van der Waals surface area (Å²) in [5.74, 6) is 1.38. The molecular formula is C16H18F3NO. The first-order valence-electron chi connectivity index (χ1n) is 6.79. The Balaban J connectivity index is 2.16. The molecule has 0 saturated carbocycles. The van der Waals surface area contributed by atoms with Gasteiger partial charge in [-0.25, -0.2) is 0 Å². The van der Waals surface area contributed by atoms with Gasteiger partial charge in [0.15, 0.2) is 0 Å². The molecule has 2 atom stereocenters. The molecular weight excluding hydrogens is 279 g/mol. The van der Waals surface area contributed by atoms with Crippen molar-refractivity contribution in [3.8, 4) is 0 Å². The lowest BCUT2D eigenvalue weighted by Gasteiger charge is -2.24. The molecule has 2 aromatic rings. The minimum atomic E-state index is -4.23. The lowest BCUT2D eigenvalue weighted by Crippen LogP contribution is -2.28. The molecule has 1 aromatic carbocycles. The van der Waals surface area contributed by atoms with Crippen LogP contribution in [0.2, 0.25) is 0 Å². The average molecular weight is 297 g/mol. The van der Waals surface area contributed by atoms with Gasteiger partial charge in [-0.15, -0.1) is 0 Å². The van der Waals surface area contributed by atoms with E-state index >= 15 is 0 Å². The second-order valence-electron chi connectivity index (χ2n) is 5.12. The van der Waals surface area contributed by atoms with Crippen LogP contribution in [-0.4, -0.2) is 6.18 Å². The molecule has 0 fully saturated rings. The van der Waals surface area contributed by atoms with Crippen LogP contribution < -0.4 is 5.32 Å². The molecule has 2 unspecified atom stereocenters. The van der Waals surface area contributed by atoms with Crippen LogP contribution in [0.3, 0.4) is 0 Å². The summed E-state index contributed by atoms with van der Waals surface area (Å²) in [6.07, 6.45) is -5.15. The minimum Gasteiger partial charge on any atom is -0.465 e. The predicted octanol–water partition coefficient (Wildman–Crippen LogP) is 4.93. The highest BCUT2D eigenvalue weighted by atomic mass is 19.4. The van der Waals surface area contributed by atoms with Gasteiger partial charge in [-0.2, -0.15) is 13.2 Å². The maximum Gasteiger partial charge on any atom is 0.390 e. The van der Waals surface area contributed by atoms with E-state index < -0.39 is 18.6 Å². The fourth-order valence-corrected chi connectivity index (χ4v) is 2.26. The number of alkyl halides is 3. The van der Waals surface area contributed by atoms with Crippen molar-refractivity contribution < 1.29 is 17.6 Å². The van der Waals surface area contributed by atoms with Crippen LogP contribution in [0.5, 0.6) is 0 Å². The van der Waals surface area contributed by atoms with Gasteiger partial charge in [-0.05, 0) is 31.5 Å². The number of halogens is 3. The molecule has 2 nitrogen and oxygen atoms in total. The number of rotatable bonds is 5. The summed E-state index contributed by atoms with van der Waals surface area (Å²) < 4.78 is 43.8. The van der Waals surface area contributed by atoms with Gasteiger partial charge in [0.2, 0.25) is 0 Å². The number of furan rings is 1. The Morgan fingerprint density at radius 2 is 1.76 bits per heavy atom. The quantitative estimate of drug-likeness (QED) is 0.846. The van der Waals surface area contributed by atoms with E-state index in [4.69, 9.17) is 4.42 Å². The Bertz CT molecular complexity index is 562. The van der Waals surface area contributed by atoms with Gasteiger partial charge in [-0.3, -0.25) is 0 Å². The molecule has 1 N–H and O–H groups in total. The van der Waals surface area contributed by atoms with E-state index in [0.29, 0.717) is 11.3 Å². The molecule has 21 heavy (non-hydrogen) atoms. The molecule has 1 aromatic heterocycles. The zero-order chi connectivity index (χ0) is 15.5. The molecule has 114 valence electrons. The van der Waals surface area contributed by atoms with Crippen LogP contribution in [0.25, 0.3) is 0 Å². The summed E-state index contributed by atoms with van der Waals surface area (Å²) in [6.45, 7) is 3.60. The van der Waals surface area contributed by atoms with E-state index in [-0.39, 0.29) is 6.04 Å². The minimum absolute atomic E-state index is 0.300. The standard InChI is InChI=1S/C16H18F3NO/c1-11-8-9-15(21-11)12(2)20-14(10-16(17,18)19)13-6-4-3-5-7-13/h3-9,12,14,20H,10H2,1-2H3. The molecule has 0 spiro atoms. The van der Waals surface area contributed by atoms with Crippen molar-refractivity contribution in [3.05, 3.63) is 59.5 Å². The number of hydrogen-bond donors (Lipinski definition) is 1. The van der Waals surface area contributed by atoms with Crippen LogP contribution in [0, 0.1) is 6.92 Å². The summed E-state index contributed by atoms with van der Waals surface area (Å²) in [5, 5.41) is 3.01. The van der Waals surface area contributed by atoms with E-state index in [1.807, 2.05) is 0 Å². The van der Waals surface area contributed by atoms with Crippen molar-refractivity contribution in [3.63, 3.8) is 0 Å². The molecule has 0 aliphatic rings. The SMILES string of the molecule is Cc1ccc(C(C)NC(CC(F)(F)F)c2ccccc2)o1. The second kappa shape index (κ2) is 6.35. The van der Waals surface area contributed by atoms with Gasteiger partial charge in [0, 0.05) is 6.04 Å². The first kappa shape index (κ1) is 15.6. The number of hydrogen-bond acceptors (Lipinski definition) is 2. The molecule has 0 bridgehead atoms. The fourth-order valence-electron chi connectivity index (χ4n) is 2.26. The van der Waals surface area contributed by atoms with Gasteiger partial charge >= 0.3 is 6.18 Å². The molecule has 5 heteroatoms. The molecule has 2 rings (SSSR count). The highest BCUT2D eigenvalue weighted by molar-refractivity contribution is 5.20. The van der Waals surface area contributed by atoms with Crippen molar-refractivity contribution in [1.82, 2.24) is 5.32 Å². The van der Waals surface area contributed by atoms with Crippen LogP contribution >= 0.6 is 0 Å². The Morgan fingerprint density at radius 3 is 2.29 bits per heavy atom. The third-order valence-corrected chi connectivity index (χ3v) is 3.28. The van der Waals surface area contributed by atoms with E-state index in [2.05, 4.69) is 5.32 Å². The first-order chi connectivity index (χ1) is 9.85. The first-order valence-corrected chi connectivity index (χ1v) is 6.79. The lowest BCUT2D eigenvalue weighted by atomic mass is 10.0. The molecule has 0 radical (unpaired) electrons. The number of benzene rings is 1. The molecule has 1 heterocycles. The van der Waals surface area contributed by atoms with E-state index in [9.17, 15) is 13.2 Å². The van der Waals surface area contributed by atoms with Crippen LogP contribution in [0.4, 0.5) is 13.2 Å². The van der Waals surface area contributed by atoms with Gasteiger partial charge in [0.05, 0.1) is 12.5 Å². The summed E-state index contributed by atoms with van der Waals surface area (Å²) in [5.41, 5.74) is 0.616. The zero-order valence-electron chi connectivity index (χ0n) is 11.9. The Labute approximate surface area is 122 Å². The molecule has 0 saturated heterocycles. The third-order valence-electron chi connectivity index (χ3n) is 3.28. The second-order valence-corrected chi connectivity index (χ2v) is 5.12. The largest absolute Gasteiger partial charge is 0.465 e. The highest BCUT2D eigenvalue weighted by Gasteiger charge is 2.33. The van der Waals surface area contributed by atoms with Crippen molar-refractivity contribution in [2.24, 2.45) is 0 Å². The zero-order valence-corrected chi connectivity index (χ0v) is 11.9. The van der Waals surface area contributed by atoms with Gasteiger partial charge in [0.1, 0.15) is 11.5 Å². The van der Waals surface area contributed by atoms with E-state index in [0.717, 1.165) is 5.76 Å². The summed E-state index contributed by atoms with van der Waals surface area (Å²) >= 11 is 0. The molecule has 0 amide bonds. The smallest absolute Gasteiger partial charge is 0.390 e. The third kappa shape index (κ3) is 4.63. The number of nitrogens with one attached hydrogen (secondary N) is 1. The van der Waals surface area contributed by atoms with E-state index in [1.54, 1.807) is 56.3 Å². The normalized spacial score (nSPS) is 14.9. The molecule has 0 aliphatic carbocycles.